The highest BCUT2D eigenvalue weighted by Gasteiger charge is 2.24. The minimum atomic E-state index is -0.151. The van der Waals surface area contributed by atoms with E-state index in [1.165, 1.54) is 0 Å². The summed E-state index contributed by atoms with van der Waals surface area (Å²) in [6.07, 6.45) is 4.87. The molecular weight excluding hydrogens is 386 g/mol. The van der Waals surface area contributed by atoms with Crippen LogP contribution >= 0.6 is 0 Å². The van der Waals surface area contributed by atoms with Crippen LogP contribution in [-0.4, -0.2) is 58.1 Å². The highest BCUT2D eigenvalue weighted by atomic mass is 16.2. The maximum Gasteiger partial charge on any atom is 0.318 e. The van der Waals surface area contributed by atoms with Gasteiger partial charge >= 0.3 is 6.03 Å². The number of aromatic nitrogens is 2. The molecule has 31 heavy (non-hydrogen) atoms. The van der Waals surface area contributed by atoms with Crippen molar-refractivity contribution in [2.75, 3.05) is 32.7 Å². The van der Waals surface area contributed by atoms with Crippen LogP contribution in [0.1, 0.15) is 29.9 Å². The lowest BCUT2D eigenvalue weighted by Crippen LogP contribution is -2.52. The third kappa shape index (κ3) is 5.33. The van der Waals surface area contributed by atoms with Gasteiger partial charge in [0.1, 0.15) is 5.82 Å². The molecule has 0 bridgehead atoms. The lowest BCUT2D eigenvalue weighted by Gasteiger charge is -2.35. The summed E-state index contributed by atoms with van der Waals surface area (Å²) in [5.41, 5.74) is 2.18. The molecule has 6 heteroatoms. The van der Waals surface area contributed by atoms with E-state index in [0.29, 0.717) is 0 Å². The van der Waals surface area contributed by atoms with Crippen LogP contribution in [0.4, 0.5) is 4.79 Å². The Balaban J connectivity index is 1.33. The molecule has 3 aromatic rings. The molecule has 1 N–H and O–H groups in total. The standard InChI is InChI=1S/C25H31N5O/c1-2-23-26-13-14-29(23)18-15-28-16-19-30(20-17-28)25(31)27-24(21-9-5-3-6-10-21)22-11-7-4-8-12-22/h3-14,24H,2,15-20H2,1H3,(H,27,31). The number of imidazole rings is 1. The third-order valence-corrected chi connectivity index (χ3v) is 5.97. The van der Waals surface area contributed by atoms with E-state index in [2.05, 4.69) is 57.2 Å². The minimum absolute atomic E-state index is 0.000218. The van der Waals surface area contributed by atoms with Crippen LogP contribution in [0.15, 0.2) is 73.1 Å². The van der Waals surface area contributed by atoms with Crippen molar-refractivity contribution in [2.45, 2.75) is 25.9 Å². The number of benzene rings is 2. The molecule has 1 aromatic heterocycles. The zero-order valence-electron chi connectivity index (χ0n) is 18.2. The van der Waals surface area contributed by atoms with Crippen LogP contribution in [-0.2, 0) is 13.0 Å². The summed E-state index contributed by atoms with van der Waals surface area (Å²) in [6.45, 7) is 7.33. The summed E-state index contributed by atoms with van der Waals surface area (Å²) in [5, 5.41) is 3.26. The first-order valence-electron chi connectivity index (χ1n) is 11.1. The summed E-state index contributed by atoms with van der Waals surface area (Å²) >= 11 is 0. The zero-order valence-corrected chi connectivity index (χ0v) is 18.2. The summed E-state index contributed by atoms with van der Waals surface area (Å²) in [7, 11) is 0. The lowest BCUT2D eigenvalue weighted by molar-refractivity contribution is 0.135. The number of carbonyl (C=O) groups is 1. The second-order valence-corrected chi connectivity index (χ2v) is 7.92. The lowest BCUT2D eigenvalue weighted by atomic mass is 9.99. The maximum atomic E-state index is 13.1. The van der Waals surface area contributed by atoms with Crippen LogP contribution in [0.5, 0.6) is 0 Å². The van der Waals surface area contributed by atoms with Crippen molar-refractivity contribution in [3.05, 3.63) is 90.0 Å². The van der Waals surface area contributed by atoms with E-state index in [-0.39, 0.29) is 12.1 Å². The highest BCUT2D eigenvalue weighted by Crippen LogP contribution is 2.22. The Bertz CT molecular complexity index is 909. The Morgan fingerprint density at radius 2 is 1.55 bits per heavy atom. The SMILES string of the molecule is CCc1nccn1CCN1CCN(C(=O)NC(c2ccccc2)c2ccccc2)CC1. The molecule has 0 saturated carbocycles. The molecule has 162 valence electrons. The summed E-state index contributed by atoms with van der Waals surface area (Å²) < 4.78 is 2.23. The molecule has 0 aliphatic carbocycles. The largest absolute Gasteiger partial charge is 0.334 e. The predicted octanol–water partition coefficient (Wildman–Crippen LogP) is 3.56. The number of hydrogen-bond acceptors (Lipinski definition) is 3. The average molecular weight is 418 g/mol. The molecule has 2 amide bonds. The van der Waals surface area contributed by atoms with Gasteiger partial charge in [0.25, 0.3) is 0 Å². The molecule has 0 spiro atoms. The Morgan fingerprint density at radius 1 is 0.935 bits per heavy atom. The number of urea groups is 1. The Hall–Kier alpha value is -3.12. The molecule has 1 aliphatic heterocycles. The normalized spacial score (nSPS) is 14.7. The van der Waals surface area contributed by atoms with Crippen molar-refractivity contribution in [2.24, 2.45) is 0 Å². The summed E-state index contributed by atoms with van der Waals surface area (Å²) in [4.78, 5) is 21.8. The van der Waals surface area contributed by atoms with Gasteiger partial charge < -0.3 is 14.8 Å². The molecule has 0 atom stereocenters. The average Bonchev–Trinajstić information content (AvgIpc) is 3.30. The van der Waals surface area contributed by atoms with Crippen molar-refractivity contribution in [3.63, 3.8) is 0 Å². The van der Waals surface area contributed by atoms with Crippen LogP contribution in [0, 0.1) is 0 Å². The number of piperazine rings is 1. The second kappa shape index (κ2) is 10.3. The quantitative estimate of drug-likeness (QED) is 0.640. The van der Waals surface area contributed by atoms with E-state index in [1.54, 1.807) is 0 Å². The number of rotatable bonds is 7. The van der Waals surface area contributed by atoms with Crippen molar-refractivity contribution < 1.29 is 4.79 Å². The second-order valence-electron chi connectivity index (χ2n) is 7.92. The molecule has 1 saturated heterocycles. The van der Waals surface area contributed by atoms with E-state index in [0.717, 1.165) is 62.6 Å². The number of amides is 2. The van der Waals surface area contributed by atoms with Crippen molar-refractivity contribution >= 4 is 6.03 Å². The van der Waals surface area contributed by atoms with Gasteiger partial charge in [0, 0.05) is 58.1 Å². The smallest absolute Gasteiger partial charge is 0.318 e. The molecule has 2 aromatic carbocycles. The number of aryl methyl sites for hydroxylation is 1. The number of nitrogens with one attached hydrogen (secondary N) is 1. The van der Waals surface area contributed by atoms with Crippen LogP contribution < -0.4 is 5.32 Å². The highest BCUT2D eigenvalue weighted by molar-refractivity contribution is 5.75. The number of carbonyl (C=O) groups excluding carboxylic acids is 1. The van der Waals surface area contributed by atoms with Crippen molar-refractivity contribution in [1.82, 2.24) is 24.7 Å². The first-order chi connectivity index (χ1) is 15.2. The van der Waals surface area contributed by atoms with Crippen molar-refractivity contribution in [3.8, 4) is 0 Å². The van der Waals surface area contributed by atoms with Gasteiger partial charge in [0.05, 0.1) is 6.04 Å². The molecule has 6 nitrogen and oxygen atoms in total. The zero-order chi connectivity index (χ0) is 21.5. The molecule has 4 rings (SSSR count). The van der Waals surface area contributed by atoms with Crippen LogP contribution in [0.25, 0.3) is 0 Å². The first-order valence-corrected chi connectivity index (χ1v) is 11.1. The summed E-state index contributed by atoms with van der Waals surface area (Å²) in [5.74, 6) is 1.13. The third-order valence-electron chi connectivity index (χ3n) is 5.97. The molecule has 0 radical (unpaired) electrons. The van der Waals surface area contributed by atoms with E-state index in [9.17, 15) is 4.79 Å². The van der Waals surface area contributed by atoms with E-state index in [4.69, 9.17) is 0 Å². The maximum absolute atomic E-state index is 13.1. The van der Waals surface area contributed by atoms with Gasteiger partial charge in [0.2, 0.25) is 0 Å². The Kier molecular flexibility index (Phi) is 6.99. The van der Waals surface area contributed by atoms with Gasteiger partial charge in [-0.2, -0.15) is 0 Å². The number of hydrogen-bond donors (Lipinski definition) is 1. The monoisotopic (exact) mass is 417 g/mol. The van der Waals surface area contributed by atoms with Gasteiger partial charge in [-0.3, -0.25) is 4.90 Å². The fourth-order valence-electron chi connectivity index (χ4n) is 4.15. The van der Waals surface area contributed by atoms with E-state index >= 15 is 0 Å². The van der Waals surface area contributed by atoms with Gasteiger partial charge in [0.15, 0.2) is 0 Å². The van der Waals surface area contributed by atoms with Gasteiger partial charge in [-0.25, -0.2) is 9.78 Å². The number of nitrogens with zero attached hydrogens (tertiary/aromatic N) is 4. The predicted molar refractivity (Wildman–Crippen MR) is 123 cm³/mol. The molecule has 1 aliphatic rings. The van der Waals surface area contributed by atoms with Gasteiger partial charge in [-0.05, 0) is 11.1 Å². The molecular formula is C25H31N5O. The topological polar surface area (TPSA) is 53.4 Å². The van der Waals surface area contributed by atoms with Crippen LogP contribution in [0.3, 0.4) is 0 Å². The first kappa shape index (κ1) is 21.1. The fourth-order valence-corrected chi connectivity index (χ4v) is 4.15. The molecule has 1 fully saturated rings. The summed E-state index contributed by atoms with van der Waals surface area (Å²) in [6, 6.07) is 20.2. The Labute approximate surface area is 184 Å². The minimum Gasteiger partial charge on any atom is -0.334 e. The van der Waals surface area contributed by atoms with Gasteiger partial charge in [-0.15, -0.1) is 0 Å². The molecule has 2 heterocycles. The molecule has 0 unspecified atom stereocenters. The Morgan fingerprint density at radius 3 is 2.13 bits per heavy atom. The fraction of sp³-hybridized carbons (Fsp3) is 0.360. The van der Waals surface area contributed by atoms with Crippen molar-refractivity contribution in [1.29, 1.82) is 0 Å². The van der Waals surface area contributed by atoms with E-state index in [1.807, 2.05) is 47.5 Å². The van der Waals surface area contributed by atoms with Gasteiger partial charge in [-0.1, -0.05) is 67.6 Å². The van der Waals surface area contributed by atoms with E-state index < -0.39 is 0 Å². The van der Waals surface area contributed by atoms with Crippen LogP contribution in [0.2, 0.25) is 0 Å².